The predicted molar refractivity (Wildman–Crippen MR) is 68.7 cm³/mol. The molecule has 2 fully saturated rings. The summed E-state index contributed by atoms with van der Waals surface area (Å²) in [6.45, 7) is 0. The van der Waals surface area contributed by atoms with Crippen molar-refractivity contribution in [1.82, 2.24) is 5.32 Å². The minimum Gasteiger partial charge on any atom is -0.332 e. The van der Waals surface area contributed by atoms with Crippen LogP contribution in [0.3, 0.4) is 0 Å². The molecule has 0 aromatic heterocycles. The molecule has 7 heteroatoms. The largest absolute Gasteiger partial charge is 0.332 e. The van der Waals surface area contributed by atoms with Crippen molar-refractivity contribution in [3.8, 4) is 0 Å². The smallest absolute Gasteiger partial charge is 0.322 e. The van der Waals surface area contributed by atoms with Crippen molar-refractivity contribution in [3.05, 3.63) is 29.3 Å². The third-order valence-electron chi connectivity index (χ3n) is 3.29. The summed E-state index contributed by atoms with van der Waals surface area (Å²) >= 11 is 5.80. The third kappa shape index (κ3) is 1.85. The van der Waals surface area contributed by atoms with E-state index in [4.69, 9.17) is 11.6 Å². The number of halogens is 1. The molecule has 18 heavy (non-hydrogen) atoms. The number of benzene rings is 1. The highest BCUT2D eigenvalue weighted by Crippen LogP contribution is 2.30. The van der Waals surface area contributed by atoms with Crippen LogP contribution in [0.2, 0.25) is 5.02 Å². The van der Waals surface area contributed by atoms with Crippen LogP contribution in [-0.2, 0) is 9.84 Å². The van der Waals surface area contributed by atoms with Gasteiger partial charge in [0, 0.05) is 10.7 Å². The van der Waals surface area contributed by atoms with Crippen molar-refractivity contribution in [2.24, 2.45) is 0 Å². The Morgan fingerprint density at radius 1 is 1.22 bits per heavy atom. The Kier molecular flexibility index (Phi) is 2.53. The number of urea groups is 1. The van der Waals surface area contributed by atoms with Gasteiger partial charge >= 0.3 is 6.03 Å². The Balaban J connectivity index is 1.96. The highest BCUT2D eigenvalue weighted by Gasteiger charge is 2.49. The van der Waals surface area contributed by atoms with Gasteiger partial charge in [0.2, 0.25) is 0 Å². The monoisotopic (exact) mass is 286 g/mol. The molecule has 2 atom stereocenters. The molecule has 5 nitrogen and oxygen atoms in total. The zero-order valence-corrected chi connectivity index (χ0v) is 10.9. The standard InChI is InChI=1S/C11H11ClN2O3S/c12-7-1-3-8(4-2-7)14-10-6-18(16,17)5-9(10)13-11(14)15/h1-4,9-10H,5-6H2,(H,13,15)/t9-,10+/m0/s1. The molecule has 2 amide bonds. The first-order chi connectivity index (χ1) is 8.46. The fourth-order valence-electron chi connectivity index (χ4n) is 2.51. The molecule has 0 aliphatic carbocycles. The Labute approximate surface area is 110 Å². The predicted octanol–water partition coefficient (Wildman–Crippen LogP) is 1.04. The van der Waals surface area contributed by atoms with Crippen molar-refractivity contribution < 1.29 is 13.2 Å². The number of hydrogen-bond acceptors (Lipinski definition) is 3. The van der Waals surface area contributed by atoms with Gasteiger partial charge < -0.3 is 5.32 Å². The molecule has 2 aliphatic heterocycles. The zero-order valence-electron chi connectivity index (χ0n) is 9.34. The molecule has 2 aliphatic rings. The van der Waals surface area contributed by atoms with Crippen LogP contribution in [0.5, 0.6) is 0 Å². The van der Waals surface area contributed by atoms with E-state index in [1.54, 1.807) is 24.3 Å². The number of carbonyl (C=O) groups is 1. The quantitative estimate of drug-likeness (QED) is 0.784. The van der Waals surface area contributed by atoms with Crippen LogP contribution >= 0.6 is 11.6 Å². The van der Waals surface area contributed by atoms with E-state index in [1.807, 2.05) is 0 Å². The molecule has 0 unspecified atom stereocenters. The highest BCUT2D eigenvalue weighted by atomic mass is 35.5. The van der Waals surface area contributed by atoms with Gasteiger partial charge in [-0.3, -0.25) is 4.90 Å². The van der Waals surface area contributed by atoms with Crippen LogP contribution in [0.15, 0.2) is 24.3 Å². The number of nitrogens with zero attached hydrogens (tertiary/aromatic N) is 1. The molecule has 2 heterocycles. The number of hydrogen-bond donors (Lipinski definition) is 1. The van der Waals surface area contributed by atoms with Gasteiger partial charge in [-0.1, -0.05) is 11.6 Å². The topological polar surface area (TPSA) is 66.5 Å². The van der Waals surface area contributed by atoms with Crippen molar-refractivity contribution in [3.63, 3.8) is 0 Å². The van der Waals surface area contributed by atoms with Crippen molar-refractivity contribution in [2.45, 2.75) is 12.1 Å². The lowest BCUT2D eigenvalue weighted by molar-refractivity contribution is 0.251. The summed E-state index contributed by atoms with van der Waals surface area (Å²) in [5.41, 5.74) is 0.668. The lowest BCUT2D eigenvalue weighted by atomic mass is 10.1. The summed E-state index contributed by atoms with van der Waals surface area (Å²) < 4.78 is 23.2. The summed E-state index contributed by atoms with van der Waals surface area (Å²) in [5, 5.41) is 3.29. The van der Waals surface area contributed by atoms with Crippen LogP contribution < -0.4 is 10.2 Å². The molecule has 1 aromatic rings. The Bertz CT molecular complexity index is 599. The van der Waals surface area contributed by atoms with Gasteiger partial charge in [-0.05, 0) is 24.3 Å². The summed E-state index contributed by atoms with van der Waals surface area (Å²) in [6, 6.07) is 5.93. The van der Waals surface area contributed by atoms with E-state index in [0.29, 0.717) is 10.7 Å². The number of nitrogens with one attached hydrogen (secondary N) is 1. The number of carbonyl (C=O) groups excluding carboxylic acids is 1. The minimum atomic E-state index is -3.06. The first-order valence-electron chi connectivity index (χ1n) is 5.52. The highest BCUT2D eigenvalue weighted by molar-refractivity contribution is 7.91. The molecule has 0 bridgehead atoms. The van der Waals surface area contributed by atoms with Gasteiger partial charge in [-0.25, -0.2) is 13.2 Å². The van der Waals surface area contributed by atoms with Gasteiger partial charge in [0.05, 0.1) is 23.6 Å². The summed E-state index contributed by atoms with van der Waals surface area (Å²) in [4.78, 5) is 13.4. The Morgan fingerprint density at radius 2 is 1.89 bits per heavy atom. The first-order valence-corrected chi connectivity index (χ1v) is 7.72. The second kappa shape index (κ2) is 3.86. The second-order valence-electron chi connectivity index (χ2n) is 4.55. The van der Waals surface area contributed by atoms with Crippen LogP contribution in [0, 0.1) is 0 Å². The van der Waals surface area contributed by atoms with Gasteiger partial charge in [0.15, 0.2) is 9.84 Å². The van der Waals surface area contributed by atoms with Crippen molar-refractivity contribution in [1.29, 1.82) is 0 Å². The molecule has 2 saturated heterocycles. The number of anilines is 1. The molecule has 0 spiro atoms. The van der Waals surface area contributed by atoms with E-state index in [1.165, 1.54) is 4.90 Å². The molecule has 3 rings (SSSR count). The van der Waals surface area contributed by atoms with Gasteiger partial charge in [0.1, 0.15) is 0 Å². The number of fused-ring (bicyclic) bond motifs is 1. The summed E-state index contributed by atoms with van der Waals surface area (Å²) in [7, 11) is -3.06. The average Bonchev–Trinajstić information content (AvgIpc) is 2.70. The molecule has 0 saturated carbocycles. The SMILES string of the molecule is O=C1N[C@H]2CS(=O)(=O)C[C@H]2N1c1ccc(Cl)cc1. The maximum Gasteiger partial charge on any atom is 0.322 e. The summed E-state index contributed by atoms with van der Waals surface area (Å²) in [6.07, 6.45) is 0. The van der Waals surface area contributed by atoms with Crippen LogP contribution in [0.25, 0.3) is 0 Å². The molecular formula is C11H11ClN2O3S. The number of amides is 2. The number of rotatable bonds is 1. The van der Waals surface area contributed by atoms with E-state index < -0.39 is 9.84 Å². The van der Waals surface area contributed by atoms with E-state index in [2.05, 4.69) is 5.32 Å². The fourth-order valence-corrected chi connectivity index (χ4v) is 4.53. The normalized spacial score (nSPS) is 29.2. The molecule has 0 radical (unpaired) electrons. The molecule has 96 valence electrons. The molecule has 1 aromatic carbocycles. The average molecular weight is 287 g/mol. The van der Waals surface area contributed by atoms with Crippen LogP contribution in [0.4, 0.5) is 10.5 Å². The van der Waals surface area contributed by atoms with Crippen molar-refractivity contribution >= 4 is 33.2 Å². The minimum absolute atomic E-state index is 0.0129. The maximum absolute atomic E-state index is 11.9. The number of sulfone groups is 1. The second-order valence-corrected chi connectivity index (χ2v) is 7.14. The molecule has 1 N–H and O–H groups in total. The van der Waals surface area contributed by atoms with Crippen LogP contribution in [0.1, 0.15) is 0 Å². The van der Waals surface area contributed by atoms with E-state index in [0.717, 1.165) is 0 Å². The lowest BCUT2D eigenvalue weighted by Gasteiger charge is -2.21. The zero-order chi connectivity index (χ0) is 12.9. The van der Waals surface area contributed by atoms with E-state index in [-0.39, 0.29) is 29.6 Å². The third-order valence-corrected chi connectivity index (χ3v) is 5.26. The summed E-state index contributed by atoms with van der Waals surface area (Å²) in [5.74, 6) is 0.0343. The van der Waals surface area contributed by atoms with E-state index >= 15 is 0 Å². The van der Waals surface area contributed by atoms with Gasteiger partial charge in [0.25, 0.3) is 0 Å². The Morgan fingerprint density at radius 3 is 2.56 bits per heavy atom. The van der Waals surface area contributed by atoms with Crippen LogP contribution in [-0.4, -0.2) is 38.0 Å². The lowest BCUT2D eigenvalue weighted by Crippen LogP contribution is -2.36. The fraction of sp³-hybridized carbons (Fsp3) is 0.364. The Hall–Kier alpha value is -1.27. The van der Waals surface area contributed by atoms with Gasteiger partial charge in [-0.15, -0.1) is 0 Å². The van der Waals surface area contributed by atoms with Crippen molar-refractivity contribution in [2.75, 3.05) is 16.4 Å². The first kappa shape index (κ1) is 11.8. The molecular weight excluding hydrogens is 276 g/mol. The van der Waals surface area contributed by atoms with E-state index in [9.17, 15) is 13.2 Å². The van der Waals surface area contributed by atoms with Gasteiger partial charge in [-0.2, -0.15) is 0 Å². The maximum atomic E-state index is 11.9.